The average molecular weight is 241 g/mol. The van der Waals surface area contributed by atoms with Crippen molar-refractivity contribution in [2.75, 3.05) is 7.05 Å². The monoisotopic (exact) mass is 240 g/mol. The van der Waals surface area contributed by atoms with Gasteiger partial charge in [-0.2, -0.15) is 0 Å². The average Bonchev–Trinajstić information content (AvgIpc) is 2.70. The van der Waals surface area contributed by atoms with Crippen molar-refractivity contribution in [2.24, 2.45) is 0 Å². The highest BCUT2D eigenvalue weighted by Gasteiger charge is 2.25. The van der Waals surface area contributed by atoms with Crippen LogP contribution in [-0.4, -0.2) is 23.9 Å². The van der Waals surface area contributed by atoms with E-state index in [1.165, 1.54) is 11.1 Å². The van der Waals surface area contributed by atoms with Crippen LogP contribution < -0.4 is 5.32 Å². The number of benzene rings is 1. The molecule has 2 rings (SSSR count). The van der Waals surface area contributed by atoms with E-state index in [0.29, 0.717) is 0 Å². The van der Waals surface area contributed by atoms with Crippen molar-refractivity contribution in [1.82, 2.24) is 10.2 Å². The molecule has 0 aromatic heterocycles. The van der Waals surface area contributed by atoms with Gasteiger partial charge in [-0.05, 0) is 25.1 Å². The molecule has 16 heavy (non-hydrogen) atoms. The molecule has 1 aromatic carbocycles. The molecule has 0 aliphatic carbocycles. The third-order valence-corrected chi connectivity index (χ3v) is 2.96. The third-order valence-electron chi connectivity index (χ3n) is 2.96. The van der Waals surface area contributed by atoms with Crippen LogP contribution in [0.4, 0.5) is 0 Å². The summed E-state index contributed by atoms with van der Waals surface area (Å²) >= 11 is 0. The molecule has 1 aliphatic rings. The smallest absolute Gasteiger partial charge is 0.240 e. The van der Waals surface area contributed by atoms with Crippen LogP contribution in [0.5, 0.6) is 0 Å². The zero-order valence-corrected chi connectivity index (χ0v) is 10.4. The quantitative estimate of drug-likeness (QED) is 0.851. The summed E-state index contributed by atoms with van der Waals surface area (Å²) in [5.74, 6) is 0.175. The molecule has 0 radical (unpaired) electrons. The summed E-state index contributed by atoms with van der Waals surface area (Å²) in [7, 11) is 1.81. The molecule has 1 aromatic rings. The van der Waals surface area contributed by atoms with E-state index in [1.807, 2.05) is 31.0 Å². The number of hydrogen-bond donors (Lipinski definition) is 1. The molecule has 1 heterocycles. The van der Waals surface area contributed by atoms with Crippen LogP contribution in [-0.2, 0) is 17.9 Å². The summed E-state index contributed by atoms with van der Waals surface area (Å²) in [6.07, 6.45) is 0. The van der Waals surface area contributed by atoms with Gasteiger partial charge in [-0.25, -0.2) is 0 Å². The fourth-order valence-electron chi connectivity index (χ4n) is 1.89. The van der Waals surface area contributed by atoms with E-state index in [4.69, 9.17) is 0 Å². The summed E-state index contributed by atoms with van der Waals surface area (Å²) in [5, 5.41) is 2.98. The first kappa shape index (κ1) is 13.0. The van der Waals surface area contributed by atoms with Crippen LogP contribution in [0.25, 0.3) is 0 Å². The molecule has 1 atom stereocenters. The highest BCUT2D eigenvalue weighted by molar-refractivity contribution is 5.85. The molecular formula is C12H17ClN2O. The molecule has 1 N–H and O–H groups in total. The van der Waals surface area contributed by atoms with E-state index in [0.717, 1.165) is 13.1 Å². The summed E-state index contributed by atoms with van der Waals surface area (Å²) < 4.78 is 0. The number of hydrogen-bond acceptors (Lipinski definition) is 2. The predicted molar refractivity (Wildman–Crippen MR) is 66.5 cm³/mol. The SMILES string of the molecule is CNC(C)C(=O)N1Cc2ccccc2C1.Cl. The van der Waals surface area contributed by atoms with Crippen molar-refractivity contribution in [2.45, 2.75) is 26.1 Å². The lowest BCUT2D eigenvalue weighted by atomic mass is 10.1. The maximum atomic E-state index is 11.9. The van der Waals surface area contributed by atoms with E-state index in [-0.39, 0.29) is 24.4 Å². The van der Waals surface area contributed by atoms with E-state index in [2.05, 4.69) is 17.4 Å². The molecular weight excluding hydrogens is 224 g/mol. The number of halogens is 1. The second-order valence-corrected chi connectivity index (χ2v) is 3.97. The van der Waals surface area contributed by atoms with Gasteiger partial charge in [-0.3, -0.25) is 4.79 Å². The predicted octanol–water partition coefficient (Wildman–Crippen LogP) is 1.56. The van der Waals surface area contributed by atoms with Crippen molar-refractivity contribution in [1.29, 1.82) is 0 Å². The Labute approximate surface area is 102 Å². The van der Waals surface area contributed by atoms with Crippen molar-refractivity contribution in [3.8, 4) is 0 Å². The standard InChI is InChI=1S/C12H16N2O.ClH/c1-9(13-2)12(15)14-7-10-5-3-4-6-11(10)8-14;/h3-6,9,13H,7-8H2,1-2H3;1H. The van der Waals surface area contributed by atoms with Crippen LogP contribution in [0.1, 0.15) is 18.1 Å². The Morgan fingerprint density at radius 2 is 1.81 bits per heavy atom. The van der Waals surface area contributed by atoms with Crippen LogP contribution >= 0.6 is 12.4 Å². The minimum atomic E-state index is -0.0979. The van der Waals surface area contributed by atoms with Crippen LogP contribution in [0.15, 0.2) is 24.3 Å². The van der Waals surface area contributed by atoms with Crippen LogP contribution in [0, 0.1) is 0 Å². The summed E-state index contributed by atoms with van der Waals surface area (Å²) in [5.41, 5.74) is 2.54. The van der Waals surface area contributed by atoms with Gasteiger partial charge in [0.1, 0.15) is 0 Å². The number of amides is 1. The van der Waals surface area contributed by atoms with Gasteiger partial charge in [0.15, 0.2) is 0 Å². The summed E-state index contributed by atoms with van der Waals surface area (Å²) in [6, 6.07) is 8.13. The molecule has 3 nitrogen and oxygen atoms in total. The molecule has 0 spiro atoms. The third kappa shape index (κ3) is 2.36. The van der Waals surface area contributed by atoms with Crippen LogP contribution in [0.3, 0.4) is 0 Å². The zero-order valence-electron chi connectivity index (χ0n) is 9.56. The molecule has 0 saturated heterocycles. The minimum absolute atomic E-state index is 0. The molecule has 1 aliphatic heterocycles. The van der Waals surface area contributed by atoms with Gasteiger partial charge in [-0.1, -0.05) is 24.3 Å². The van der Waals surface area contributed by atoms with Gasteiger partial charge in [0.2, 0.25) is 5.91 Å². The van der Waals surface area contributed by atoms with E-state index in [9.17, 15) is 4.79 Å². The molecule has 88 valence electrons. The number of nitrogens with one attached hydrogen (secondary N) is 1. The molecule has 4 heteroatoms. The second kappa shape index (κ2) is 5.32. The molecule has 1 amide bonds. The van der Waals surface area contributed by atoms with Crippen molar-refractivity contribution >= 4 is 18.3 Å². The first-order chi connectivity index (χ1) is 7.22. The molecule has 0 fully saturated rings. The topological polar surface area (TPSA) is 32.3 Å². The second-order valence-electron chi connectivity index (χ2n) is 3.97. The van der Waals surface area contributed by atoms with Gasteiger partial charge >= 0.3 is 0 Å². The van der Waals surface area contributed by atoms with Crippen LogP contribution in [0.2, 0.25) is 0 Å². The summed E-state index contributed by atoms with van der Waals surface area (Å²) in [4.78, 5) is 13.8. The highest BCUT2D eigenvalue weighted by atomic mass is 35.5. The lowest BCUT2D eigenvalue weighted by Crippen LogP contribution is -2.40. The zero-order chi connectivity index (χ0) is 10.8. The lowest BCUT2D eigenvalue weighted by Gasteiger charge is -2.19. The first-order valence-corrected chi connectivity index (χ1v) is 5.25. The van der Waals surface area contributed by atoms with E-state index >= 15 is 0 Å². The maximum Gasteiger partial charge on any atom is 0.240 e. The lowest BCUT2D eigenvalue weighted by molar-refractivity contribution is -0.133. The van der Waals surface area contributed by atoms with Gasteiger partial charge in [-0.15, -0.1) is 12.4 Å². The Kier molecular flexibility index (Phi) is 4.33. The number of likely N-dealkylation sites (N-methyl/N-ethyl adjacent to an activating group) is 1. The Balaban J connectivity index is 0.00000128. The minimum Gasteiger partial charge on any atom is -0.333 e. The molecule has 1 unspecified atom stereocenters. The van der Waals surface area contributed by atoms with E-state index < -0.39 is 0 Å². The number of carbonyl (C=O) groups excluding carboxylic acids is 1. The van der Waals surface area contributed by atoms with Gasteiger partial charge in [0.05, 0.1) is 6.04 Å². The van der Waals surface area contributed by atoms with Gasteiger partial charge in [0, 0.05) is 13.1 Å². The molecule has 0 saturated carbocycles. The fourth-order valence-corrected chi connectivity index (χ4v) is 1.89. The first-order valence-electron chi connectivity index (χ1n) is 5.25. The summed E-state index contributed by atoms with van der Waals surface area (Å²) in [6.45, 7) is 3.40. The number of fused-ring (bicyclic) bond motifs is 1. The largest absolute Gasteiger partial charge is 0.333 e. The van der Waals surface area contributed by atoms with Gasteiger partial charge < -0.3 is 10.2 Å². The normalized spacial score (nSPS) is 15.2. The van der Waals surface area contributed by atoms with Crippen molar-refractivity contribution in [3.05, 3.63) is 35.4 Å². The van der Waals surface area contributed by atoms with Crippen molar-refractivity contribution in [3.63, 3.8) is 0 Å². The molecule has 0 bridgehead atoms. The van der Waals surface area contributed by atoms with E-state index in [1.54, 1.807) is 0 Å². The van der Waals surface area contributed by atoms with Gasteiger partial charge in [0.25, 0.3) is 0 Å². The Hall–Kier alpha value is -1.06. The van der Waals surface area contributed by atoms with Crippen molar-refractivity contribution < 1.29 is 4.79 Å². The Morgan fingerprint density at radius 1 is 1.31 bits per heavy atom. The number of rotatable bonds is 2. The number of nitrogens with zero attached hydrogens (tertiary/aromatic N) is 1. The Morgan fingerprint density at radius 3 is 2.25 bits per heavy atom. The highest BCUT2D eigenvalue weighted by Crippen LogP contribution is 2.22. The maximum absolute atomic E-state index is 11.9. The number of carbonyl (C=O) groups is 1. The Bertz CT molecular complexity index is 356. The fraction of sp³-hybridized carbons (Fsp3) is 0.417.